The summed E-state index contributed by atoms with van der Waals surface area (Å²) in [6.45, 7) is 3.06. The fraction of sp³-hybridized carbons (Fsp3) is 0.923. The van der Waals surface area contributed by atoms with Gasteiger partial charge in [-0.15, -0.1) is 0 Å². The maximum Gasteiger partial charge on any atom is 0.303 e. The van der Waals surface area contributed by atoms with Gasteiger partial charge in [0, 0.05) is 31.0 Å². The second kappa shape index (κ2) is 6.97. The number of carboxylic acid groups (broad SMARTS) is 1. The Labute approximate surface area is 103 Å². The molecule has 4 nitrogen and oxygen atoms in total. The molecule has 0 heterocycles. The van der Waals surface area contributed by atoms with Crippen LogP contribution in [0.5, 0.6) is 0 Å². The molecule has 0 saturated heterocycles. The van der Waals surface area contributed by atoms with Crippen molar-refractivity contribution < 1.29 is 15.0 Å². The summed E-state index contributed by atoms with van der Waals surface area (Å²) in [5.74, 6) is -0.742. The summed E-state index contributed by atoms with van der Waals surface area (Å²) in [6.07, 6.45) is 6.70. The van der Waals surface area contributed by atoms with Gasteiger partial charge in [-0.3, -0.25) is 4.79 Å². The molecule has 1 saturated carbocycles. The minimum absolute atomic E-state index is 0.0374. The van der Waals surface area contributed by atoms with Gasteiger partial charge in [0.05, 0.1) is 0 Å². The Balaban J connectivity index is 2.28. The van der Waals surface area contributed by atoms with Crippen LogP contribution in [-0.2, 0) is 4.79 Å². The van der Waals surface area contributed by atoms with E-state index in [2.05, 4.69) is 5.32 Å². The minimum atomic E-state index is -0.742. The van der Waals surface area contributed by atoms with Gasteiger partial charge in [-0.2, -0.15) is 0 Å². The third-order valence-corrected chi connectivity index (χ3v) is 3.87. The van der Waals surface area contributed by atoms with E-state index in [9.17, 15) is 9.90 Å². The van der Waals surface area contributed by atoms with Crippen LogP contribution in [0, 0.1) is 5.41 Å². The highest BCUT2D eigenvalue weighted by Gasteiger charge is 2.31. The van der Waals surface area contributed by atoms with Gasteiger partial charge in [-0.1, -0.05) is 19.3 Å². The van der Waals surface area contributed by atoms with Gasteiger partial charge in [0.15, 0.2) is 0 Å². The number of nitrogens with one attached hydrogen (secondary N) is 1. The summed E-state index contributed by atoms with van der Waals surface area (Å²) in [4.78, 5) is 10.5. The average Bonchev–Trinajstić information content (AvgIpc) is 2.35. The molecular formula is C13H25NO3. The van der Waals surface area contributed by atoms with Gasteiger partial charge >= 0.3 is 5.97 Å². The van der Waals surface area contributed by atoms with E-state index in [1.54, 1.807) is 0 Å². The predicted molar refractivity (Wildman–Crippen MR) is 66.9 cm³/mol. The first kappa shape index (κ1) is 14.5. The van der Waals surface area contributed by atoms with Crippen LogP contribution >= 0.6 is 0 Å². The van der Waals surface area contributed by atoms with Crippen molar-refractivity contribution in [2.75, 3.05) is 13.2 Å². The highest BCUT2D eigenvalue weighted by Crippen LogP contribution is 2.35. The number of aliphatic hydroxyl groups is 1. The molecule has 1 rings (SSSR count). The maximum atomic E-state index is 10.5. The van der Waals surface area contributed by atoms with Crippen molar-refractivity contribution >= 4 is 5.97 Å². The van der Waals surface area contributed by atoms with Crippen molar-refractivity contribution in [3.63, 3.8) is 0 Å². The third kappa shape index (κ3) is 5.04. The Hall–Kier alpha value is -0.610. The van der Waals surface area contributed by atoms with E-state index in [4.69, 9.17) is 5.11 Å². The van der Waals surface area contributed by atoms with E-state index in [1.165, 1.54) is 19.3 Å². The Morgan fingerprint density at radius 1 is 1.35 bits per heavy atom. The van der Waals surface area contributed by atoms with Crippen LogP contribution in [0.1, 0.15) is 51.9 Å². The Kier molecular flexibility index (Phi) is 5.92. The zero-order valence-electron chi connectivity index (χ0n) is 10.7. The van der Waals surface area contributed by atoms with E-state index in [1.807, 2.05) is 6.92 Å². The molecule has 0 radical (unpaired) electrons. The molecule has 0 aromatic rings. The lowest BCUT2D eigenvalue weighted by molar-refractivity contribution is -0.137. The molecule has 0 spiro atoms. The Bertz CT molecular complexity index is 237. The number of hydrogen-bond acceptors (Lipinski definition) is 3. The fourth-order valence-electron chi connectivity index (χ4n) is 2.53. The standard InChI is InChI=1S/C13H25NO3/c1-11(5-6-12(16)17)14-9-13(10-15)7-3-2-4-8-13/h11,14-15H,2-10H2,1H3,(H,16,17). The molecular weight excluding hydrogens is 218 g/mol. The molecule has 17 heavy (non-hydrogen) atoms. The summed E-state index contributed by atoms with van der Waals surface area (Å²) >= 11 is 0. The smallest absolute Gasteiger partial charge is 0.303 e. The highest BCUT2D eigenvalue weighted by molar-refractivity contribution is 5.66. The van der Waals surface area contributed by atoms with Gasteiger partial charge in [0.2, 0.25) is 0 Å². The van der Waals surface area contributed by atoms with E-state index in [-0.39, 0.29) is 24.5 Å². The Morgan fingerprint density at radius 2 is 2.00 bits per heavy atom. The second-order valence-corrected chi connectivity index (χ2v) is 5.43. The number of hydrogen-bond donors (Lipinski definition) is 3. The fourth-order valence-corrected chi connectivity index (χ4v) is 2.53. The molecule has 3 N–H and O–H groups in total. The third-order valence-electron chi connectivity index (χ3n) is 3.87. The van der Waals surface area contributed by atoms with Gasteiger partial charge in [-0.25, -0.2) is 0 Å². The van der Waals surface area contributed by atoms with Crippen molar-refractivity contribution in [2.45, 2.75) is 57.9 Å². The summed E-state index contributed by atoms with van der Waals surface area (Å²) in [7, 11) is 0. The molecule has 0 bridgehead atoms. The van der Waals surface area contributed by atoms with Crippen LogP contribution in [0.25, 0.3) is 0 Å². The second-order valence-electron chi connectivity index (χ2n) is 5.43. The first-order valence-electron chi connectivity index (χ1n) is 6.64. The van der Waals surface area contributed by atoms with Crippen molar-refractivity contribution in [3.8, 4) is 0 Å². The van der Waals surface area contributed by atoms with Gasteiger partial charge < -0.3 is 15.5 Å². The first-order valence-corrected chi connectivity index (χ1v) is 6.64. The van der Waals surface area contributed by atoms with Crippen molar-refractivity contribution in [2.24, 2.45) is 5.41 Å². The molecule has 1 atom stereocenters. The van der Waals surface area contributed by atoms with Gasteiger partial charge in [-0.05, 0) is 26.2 Å². The van der Waals surface area contributed by atoms with Crippen molar-refractivity contribution in [1.82, 2.24) is 5.32 Å². The summed E-state index contributed by atoms with van der Waals surface area (Å²) < 4.78 is 0. The van der Waals surface area contributed by atoms with Crippen LogP contribution in [0.3, 0.4) is 0 Å². The predicted octanol–water partition coefficient (Wildman–Crippen LogP) is 1.77. The number of aliphatic hydroxyl groups excluding tert-OH is 1. The van der Waals surface area contributed by atoms with Crippen molar-refractivity contribution in [1.29, 1.82) is 0 Å². The van der Waals surface area contributed by atoms with Crippen LogP contribution in [-0.4, -0.2) is 35.4 Å². The monoisotopic (exact) mass is 243 g/mol. The maximum absolute atomic E-state index is 10.5. The van der Waals surface area contributed by atoms with Crippen LogP contribution in [0.15, 0.2) is 0 Å². The molecule has 1 aliphatic rings. The van der Waals surface area contributed by atoms with Crippen LogP contribution < -0.4 is 5.32 Å². The summed E-state index contributed by atoms with van der Waals surface area (Å²) in [6, 6.07) is 0.205. The normalized spacial score (nSPS) is 21.1. The SMILES string of the molecule is CC(CCC(=O)O)NCC1(CO)CCCCC1. The van der Waals surface area contributed by atoms with Crippen LogP contribution in [0.2, 0.25) is 0 Å². The lowest BCUT2D eigenvalue weighted by Gasteiger charge is -2.36. The quantitative estimate of drug-likeness (QED) is 0.637. The molecule has 1 fully saturated rings. The number of carboxylic acids is 1. The van der Waals surface area contributed by atoms with Gasteiger partial charge in [0.1, 0.15) is 0 Å². The molecule has 0 aromatic heterocycles. The molecule has 0 aliphatic heterocycles. The molecule has 0 aromatic carbocycles. The first-order chi connectivity index (χ1) is 8.08. The molecule has 4 heteroatoms. The molecule has 100 valence electrons. The number of rotatable bonds is 7. The largest absolute Gasteiger partial charge is 0.481 e. The molecule has 1 unspecified atom stereocenters. The summed E-state index contributed by atoms with van der Waals surface area (Å²) in [5, 5.41) is 21.5. The molecule has 1 aliphatic carbocycles. The summed E-state index contributed by atoms with van der Waals surface area (Å²) in [5.41, 5.74) is 0.0374. The van der Waals surface area contributed by atoms with E-state index in [0.717, 1.165) is 19.4 Å². The average molecular weight is 243 g/mol. The van der Waals surface area contributed by atoms with Gasteiger partial charge in [0.25, 0.3) is 0 Å². The highest BCUT2D eigenvalue weighted by atomic mass is 16.4. The lowest BCUT2D eigenvalue weighted by Crippen LogP contribution is -2.42. The van der Waals surface area contributed by atoms with Crippen molar-refractivity contribution in [3.05, 3.63) is 0 Å². The zero-order valence-corrected chi connectivity index (χ0v) is 10.7. The number of carbonyl (C=O) groups is 1. The lowest BCUT2D eigenvalue weighted by atomic mass is 9.74. The minimum Gasteiger partial charge on any atom is -0.481 e. The van der Waals surface area contributed by atoms with E-state index < -0.39 is 5.97 Å². The van der Waals surface area contributed by atoms with E-state index >= 15 is 0 Å². The zero-order chi connectivity index (χ0) is 12.7. The topological polar surface area (TPSA) is 69.6 Å². The van der Waals surface area contributed by atoms with Crippen LogP contribution in [0.4, 0.5) is 0 Å². The Morgan fingerprint density at radius 3 is 2.53 bits per heavy atom. The molecule has 0 amide bonds. The number of aliphatic carboxylic acids is 1. The van der Waals surface area contributed by atoms with E-state index in [0.29, 0.717) is 6.42 Å².